The summed E-state index contributed by atoms with van der Waals surface area (Å²) in [6, 6.07) is 10.1. The van der Waals surface area contributed by atoms with Crippen molar-refractivity contribution >= 4 is 11.9 Å². The van der Waals surface area contributed by atoms with E-state index in [9.17, 15) is 9.59 Å². The molecule has 4 heteroatoms. The average molecular weight is 261 g/mol. The van der Waals surface area contributed by atoms with Gasteiger partial charge in [0, 0.05) is 25.9 Å². The van der Waals surface area contributed by atoms with Crippen LogP contribution in [0, 0.1) is 5.92 Å². The molecule has 0 aromatic heterocycles. The number of carboxylic acids is 1. The fraction of sp³-hybridized carbons (Fsp3) is 0.467. The number of aliphatic carboxylic acids is 1. The number of piperidine rings is 1. The van der Waals surface area contributed by atoms with Crippen LogP contribution in [0.2, 0.25) is 0 Å². The summed E-state index contributed by atoms with van der Waals surface area (Å²) < 4.78 is 0. The Morgan fingerprint density at radius 1 is 1.32 bits per heavy atom. The number of likely N-dealkylation sites (tertiary alicyclic amines) is 1. The zero-order valence-corrected chi connectivity index (χ0v) is 10.9. The van der Waals surface area contributed by atoms with Gasteiger partial charge in [0.25, 0.3) is 0 Å². The molecule has 102 valence electrons. The predicted molar refractivity (Wildman–Crippen MR) is 71.7 cm³/mol. The quantitative estimate of drug-likeness (QED) is 0.881. The second-order valence-corrected chi connectivity index (χ2v) is 5.07. The van der Waals surface area contributed by atoms with Crippen molar-refractivity contribution in [2.24, 2.45) is 5.92 Å². The molecule has 1 amide bonds. The van der Waals surface area contributed by atoms with Gasteiger partial charge in [0.15, 0.2) is 0 Å². The van der Waals surface area contributed by atoms with E-state index in [0.29, 0.717) is 13.0 Å². The summed E-state index contributed by atoms with van der Waals surface area (Å²) in [6.45, 7) is 1.41. The van der Waals surface area contributed by atoms with E-state index in [0.717, 1.165) is 19.4 Å². The van der Waals surface area contributed by atoms with Gasteiger partial charge in [0.1, 0.15) is 0 Å². The van der Waals surface area contributed by atoms with E-state index >= 15 is 0 Å². The molecule has 0 aliphatic carbocycles. The van der Waals surface area contributed by atoms with Crippen molar-refractivity contribution in [1.29, 1.82) is 0 Å². The largest absolute Gasteiger partial charge is 0.481 e. The highest BCUT2D eigenvalue weighted by molar-refractivity contribution is 5.78. The minimum absolute atomic E-state index is 0.0120. The smallest absolute Gasteiger partial charge is 0.303 e. The second-order valence-electron chi connectivity index (χ2n) is 5.07. The zero-order valence-electron chi connectivity index (χ0n) is 10.9. The van der Waals surface area contributed by atoms with Gasteiger partial charge in [-0.15, -0.1) is 0 Å². The highest BCUT2D eigenvalue weighted by atomic mass is 16.4. The fourth-order valence-electron chi connectivity index (χ4n) is 2.51. The number of carbonyl (C=O) groups is 2. The third-order valence-corrected chi connectivity index (χ3v) is 3.60. The van der Waals surface area contributed by atoms with Gasteiger partial charge >= 0.3 is 5.97 Å². The first-order chi connectivity index (χ1) is 9.15. The lowest BCUT2D eigenvalue weighted by Crippen LogP contribution is -2.40. The number of nitrogens with zero attached hydrogens (tertiary/aromatic N) is 1. The van der Waals surface area contributed by atoms with Crippen molar-refractivity contribution in [3.8, 4) is 0 Å². The maximum absolute atomic E-state index is 11.9. The lowest BCUT2D eigenvalue weighted by atomic mass is 9.93. The Kier molecular flexibility index (Phi) is 4.55. The van der Waals surface area contributed by atoms with Gasteiger partial charge in [-0.3, -0.25) is 9.59 Å². The van der Waals surface area contributed by atoms with Crippen LogP contribution in [-0.4, -0.2) is 35.0 Å². The molecular weight excluding hydrogens is 242 g/mol. The third kappa shape index (κ3) is 4.09. The van der Waals surface area contributed by atoms with Crippen LogP contribution < -0.4 is 0 Å². The van der Waals surface area contributed by atoms with Gasteiger partial charge in [-0.1, -0.05) is 30.3 Å². The molecule has 0 spiro atoms. The van der Waals surface area contributed by atoms with Crippen LogP contribution in [-0.2, 0) is 16.0 Å². The number of carboxylic acid groups (broad SMARTS) is 1. The van der Waals surface area contributed by atoms with E-state index in [1.807, 2.05) is 23.1 Å². The molecule has 19 heavy (non-hydrogen) atoms. The van der Waals surface area contributed by atoms with Crippen LogP contribution in [0.4, 0.5) is 0 Å². The highest BCUT2D eigenvalue weighted by Gasteiger charge is 2.26. The Balaban J connectivity index is 1.80. The van der Waals surface area contributed by atoms with Crippen LogP contribution >= 0.6 is 0 Å². The molecule has 1 aliphatic heterocycles. The fourth-order valence-corrected chi connectivity index (χ4v) is 2.51. The first kappa shape index (κ1) is 13.6. The normalized spacial score (nSPS) is 19.5. The molecule has 1 saturated heterocycles. The minimum atomic E-state index is -0.810. The summed E-state index contributed by atoms with van der Waals surface area (Å²) in [4.78, 5) is 24.4. The van der Waals surface area contributed by atoms with Crippen molar-refractivity contribution in [2.75, 3.05) is 13.1 Å². The Morgan fingerprint density at radius 2 is 2.05 bits per heavy atom. The highest BCUT2D eigenvalue weighted by Crippen LogP contribution is 2.21. The van der Waals surface area contributed by atoms with Gasteiger partial charge in [0.2, 0.25) is 5.91 Å². The molecule has 0 radical (unpaired) electrons. The standard InChI is InChI=1S/C15H19NO3/c17-14-10-13(11-15(18)19)7-9-16(14)8-6-12-4-2-1-3-5-12/h1-5,13H,6-11H2,(H,18,19). The van der Waals surface area contributed by atoms with Crippen LogP contribution in [0.25, 0.3) is 0 Å². The van der Waals surface area contributed by atoms with Crippen LogP contribution in [0.15, 0.2) is 30.3 Å². The molecule has 0 saturated carbocycles. The molecule has 4 nitrogen and oxygen atoms in total. The number of rotatable bonds is 5. The van der Waals surface area contributed by atoms with Crippen LogP contribution in [0.1, 0.15) is 24.8 Å². The van der Waals surface area contributed by atoms with Gasteiger partial charge < -0.3 is 10.0 Å². The maximum Gasteiger partial charge on any atom is 0.303 e. The van der Waals surface area contributed by atoms with Gasteiger partial charge in [0.05, 0.1) is 0 Å². The lowest BCUT2D eigenvalue weighted by Gasteiger charge is -2.31. The van der Waals surface area contributed by atoms with E-state index < -0.39 is 5.97 Å². The Bertz CT molecular complexity index is 444. The van der Waals surface area contributed by atoms with Gasteiger partial charge in [-0.2, -0.15) is 0 Å². The predicted octanol–water partition coefficient (Wildman–Crippen LogP) is 1.94. The molecule has 1 atom stereocenters. The van der Waals surface area contributed by atoms with Crippen molar-refractivity contribution in [3.05, 3.63) is 35.9 Å². The monoisotopic (exact) mass is 261 g/mol. The number of benzene rings is 1. The molecule has 1 aromatic rings. The number of amides is 1. The molecule has 0 bridgehead atoms. The topological polar surface area (TPSA) is 57.6 Å². The van der Waals surface area contributed by atoms with E-state index in [1.165, 1.54) is 5.56 Å². The summed E-state index contributed by atoms with van der Waals surface area (Å²) in [5.74, 6) is -0.707. The molecule has 1 unspecified atom stereocenters. The van der Waals surface area contributed by atoms with E-state index in [1.54, 1.807) is 0 Å². The first-order valence-electron chi connectivity index (χ1n) is 6.68. The van der Waals surface area contributed by atoms with Crippen molar-refractivity contribution in [3.63, 3.8) is 0 Å². The van der Waals surface area contributed by atoms with E-state index in [4.69, 9.17) is 5.11 Å². The van der Waals surface area contributed by atoms with Gasteiger partial charge in [-0.25, -0.2) is 0 Å². The SMILES string of the molecule is O=C(O)CC1CCN(CCc2ccccc2)C(=O)C1. The van der Waals surface area contributed by atoms with Crippen molar-refractivity contribution < 1.29 is 14.7 Å². The zero-order chi connectivity index (χ0) is 13.7. The molecule has 2 rings (SSSR count). The maximum atomic E-state index is 11.9. The van der Waals surface area contributed by atoms with E-state index in [2.05, 4.69) is 12.1 Å². The molecule has 1 heterocycles. The average Bonchev–Trinajstić information content (AvgIpc) is 2.38. The Hall–Kier alpha value is -1.84. The first-order valence-corrected chi connectivity index (χ1v) is 6.68. The summed E-state index contributed by atoms with van der Waals surface area (Å²) in [5.41, 5.74) is 1.22. The lowest BCUT2D eigenvalue weighted by molar-refractivity contribution is -0.140. The molecular formula is C15H19NO3. The number of hydrogen-bond acceptors (Lipinski definition) is 2. The van der Waals surface area contributed by atoms with Crippen molar-refractivity contribution in [2.45, 2.75) is 25.7 Å². The van der Waals surface area contributed by atoms with Crippen molar-refractivity contribution in [1.82, 2.24) is 4.90 Å². The molecule has 1 aliphatic rings. The van der Waals surface area contributed by atoms with Crippen LogP contribution in [0.5, 0.6) is 0 Å². The summed E-state index contributed by atoms with van der Waals surface area (Å²) in [5, 5.41) is 8.75. The van der Waals surface area contributed by atoms with Gasteiger partial charge in [-0.05, 0) is 24.3 Å². The summed E-state index contributed by atoms with van der Waals surface area (Å²) in [7, 11) is 0. The Morgan fingerprint density at radius 3 is 2.68 bits per heavy atom. The molecule has 1 aromatic carbocycles. The van der Waals surface area contributed by atoms with Crippen LogP contribution in [0.3, 0.4) is 0 Å². The molecule has 1 N–H and O–H groups in total. The minimum Gasteiger partial charge on any atom is -0.481 e. The summed E-state index contributed by atoms with van der Waals surface area (Å²) in [6.07, 6.45) is 2.14. The summed E-state index contributed by atoms with van der Waals surface area (Å²) >= 11 is 0. The number of carbonyl (C=O) groups excluding carboxylic acids is 1. The Labute approximate surface area is 113 Å². The second kappa shape index (κ2) is 6.36. The third-order valence-electron chi connectivity index (χ3n) is 3.60. The number of hydrogen-bond donors (Lipinski definition) is 1. The van der Waals surface area contributed by atoms with E-state index in [-0.39, 0.29) is 18.2 Å². The molecule has 1 fully saturated rings.